The third kappa shape index (κ3) is 1.74. The van der Waals surface area contributed by atoms with Crippen molar-refractivity contribution in [3.05, 3.63) is 59.9 Å². The van der Waals surface area contributed by atoms with Crippen LogP contribution in [-0.2, 0) is 0 Å². The van der Waals surface area contributed by atoms with Gasteiger partial charge in [0.2, 0.25) is 0 Å². The number of aromatic nitrogens is 1. The molecule has 0 radical (unpaired) electrons. The monoisotopic (exact) mass is 251 g/mol. The number of hydrogen-bond acceptors (Lipinski definition) is 2. The molecule has 0 saturated heterocycles. The molecule has 0 N–H and O–H groups in total. The fraction of sp³-hybridized carbons (Fsp3) is 0.353. The summed E-state index contributed by atoms with van der Waals surface area (Å²) in [4.78, 5) is 4.51. The van der Waals surface area contributed by atoms with E-state index in [1.807, 2.05) is 12.3 Å². The number of para-hydroxylation sites is 1. The van der Waals surface area contributed by atoms with E-state index < -0.39 is 0 Å². The molecule has 0 amide bonds. The van der Waals surface area contributed by atoms with Crippen LogP contribution in [0.5, 0.6) is 5.75 Å². The largest absolute Gasteiger partial charge is 0.484 e. The fourth-order valence-electron chi connectivity index (χ4n) is 3.68. The van der Waals surface area contributed by atoms with Gasteiger partial charge < -0.3 is 4.74 Å². The maximum atomic E-state index is 6.27. The Morgan fingerprint density at radius 2 is 1.89 bits per heavy atom. The summed E-state index contributed by atoms with van der Waals surface area (Å²) in [6, 6.07) is 14.6. The zero-order chi connectivity index (χ0) is 12.7. The van der Waals surface area contributed by atoms with E-state index in [0.29, 0.717) is 11.8 Å². The van der Waals surface area contributed by atoms with Crippen molar-refractivity contribution < 1.29 is 4.74 Å². The Morgan fingerprint density at radius 1 is 1.00 bits per heavy atom. The highest BCUT2D eigenvalue weighted by atomic mass is 16.5. The third-order valence-electron chi connectivity index (χ3n) is 4.51. The van der Waals surface area contributed by atoms with Crippen molar-refractivity contribution in [3.8, 4) is 5.75 Å². The first-order valence-corrected chi connectivity index (χ1v) is 7.10. The van der Waals surface area contributed by atoms with Crippen LogP contribution < -0.4 is 4.74 Å². The Morgan fingerprint density at radius 3 is 2.79 bits per heavy atom. The zero-order valence-electron chi connectivity index (χ0n) is 10.8. The molecule has 1 aromatic heterocycles. The van der Waals surface area contributed by atoms with Crippen molar-refractivity contribution in [1.29, 1.82) is 0 Å². The van der Waals surface area contributed by atoms with Gasteiger partial charge in [-0.05, 0) is 42.5 Å². The second kappa shape index (κ2) is 4.37. The van der Waals surface area contributed by atoms with Crippen LogP contribution in [0.15, 0.2) is 48.7 Å². The van der Waals surface area contributed by atoms with Gasteiger partial charge in [-0.3, -0.25) is 4.98 Å². The lowest BCUT2D eigenvalue weighted by Gasteiger charge is -2.35. The van der Waals surface area contributed by atoms with Crippen molar-refractivity contribution >= 4 is 0 Å². The topological polar surface area (TPSA) is 22.1 Å². The summed E-state index contributed by atoms with van der Waals surface area (Å²) < 4.78 is 6.27. The lowest BCUT2D eigenvalue weighted by atomic mass is 9.81. The summed E-state index contributed by atoms with van der Waals surface area (Å²) in [5, 5.41) is 0. The summed E-state index contributed by atoms with van der Waals surface area (Å²) in [6.07, 6.45) is 5.83. The molecule has 2 nitrogen and oxygen atoms in total. The predicted octanol–water partition coefficient (Wildman–Crippen LogP) is 4.10. The van der Waals surface area contributed by atoms with Gasteiger partial charge in [0.05, 0.1) is 5.69 Å². The average molecular weight is 251 g/mol. The predicted molar refractivity (Wildman–Crippen MR) is 74.1 cm³/mol. The molecule has 96 valence electrons. The highest BCUT2D eigenvalue weighted by molar-refractivity contribution is 5.40. The van der Waals surface area contributed by atoms with Crippen LogP contribution in [0, 0.1) is 5.92 Å². The van der Waals surface area contributed by atoms with Crippen LogP contribution in [0.1, 0.15) is 42.5 Å². The molecular weight excluding hydrogens is 234 g/mol. The average Bonchev–Trinajstić information content (AvgIpc) is 2.97. The minimum Gasteiger partial charge on any atom is -0.484 e. The molecule has 0 unspecified atom stereocenters. The molecule has 0 spiro atoms. The van der Waals surface area contributed by atoms with Gasteiger partial charge in [0.15, 0.2) is 0 Å². The summed E-state index contributed by atoms with van der Waals surface area (Å²) >= 11 is 0. The molecule has 1 aliphatic carbocycles. The molecule has 4 rings (SSSR count). The van der Waals surface area contributed by atoms with E-state index in [1.165, 1.54) is 24.8 Å². The molecule has 2 heterocycles. The highest BCUT2D eigenvalue weighted by Gasteiger charge is 2.42. The molecule has 1 fully saturated rings. The maximum Gasteiger partial charge on any atom is 0.144 e. The molecule has 19 heavy (non-hydrogen) atoms. The van der Waals surface area contributed by atoms with E-state index in [9.17, 15) is 0 Å². The first-order chi connectivity index (χ1) is 9.43. The molecule has 1 saturated carbocycles. The van der Waals surface area contributed by atoms with Crippen LogP contribution in [0.25, 0.3) is 0 Å². The quantitative estimate of drug-likeness (QED) is 0.761. The molecule has 3 atom stereocenters. The number of benzene rings is 1. The Hall–Kier alpha value is -1.83. The van der Waals surface area contributed by atoms with Gasteiger partial charge in [-0.1, -0.05) is 30.7 Å². The molecule has 0 bridgehead atoms. The van der Waals surface area contributed by atoms with E-state index >= 15 is 0 Å². The van der Waals surface area contributed by atoms with E-state index in [-0.39, 0.29) is 6.10 Å². The van der Waals surface area contributed by atoms with Crippen LogP contribution in [-0.4, -0.2) is 4.98 Å². The lowest BCUT2D eigenvalue weighted by molar-refractivity contribution is 0.100. The first kappa shape index (κ1) is 11.0. The molecule has 2 aliphatic rings. The van der Waals surface area contributed by atoms with E-state index in [1.54, 1.807) is 0 Å². The second-order valence-corrected chi connectivity index (χ2v) is 5.53. The standard InChI is InChI=1S/C17H17NO/c1-2-10-16-13(6-1)12-7-5-8-14(12)17(19-16)15-9-3-4-11-18-15/h1-4,6,9-12,14,17H,5,7-8H2/t12-,14-,17+/m1/s1. The van der Waals surface area contributed by atoms with Gasteiger partial charge in [-0.2, -0.15) is 0 Å². The van der Waals surface area contributed by atoms with Crippen molar-refractivity contribution in [2.24, 2.45) is 5.92 Å². The normalized spacial score (nSPS) is 28.3. The number of rotatable bonds is 1. The van der Waals surface area contributed by atoms with Gasteiger partial charge in [0.25, 0.3) is 0 Å². The first-order valence-electron chi connectivity index (χ1n) is 7.10. The van der Waals surface area contributed by atoms with Crippen molar-refractivity contribution in [3.63, 3.8) is 0 Å². The number of hydrogen-bond donors (Lipinski definition) is 0. The van der Waals surface area contributed by atoms with Gasteiger partial charge in [0.1, 0.15) is 11.9 Å². The van der Waals surface area contributed by atoms with Gasteiger partial charge in [-0.25, -0.2) is 0 Å². The third-order valence-corrected chi connectivity index (χ3v) is 4.51. The van der Waals surface area contributed by atoms with Gasteiger partial charge in [-0.15, -0.1) is 0 Å². The Bertz CT molecular complexity index is 581. The zero-order valence-corrected chi connectivity index (χ0v) is 10.8. The van der Waals surface area contributed by atoms with Crippen LogP contribution in [0.2, 0.25) is 0 Å². The van der Waals surface area contributed by atoms with Crippen molar-refractivity contribution in [2.75, 3.05) is 0 Å². The minimum atomic E-state index is 0.128. The molecule has 1 aliphatic heterocycles. The van der Waals surface area contributed by atoms with Crippen LogP contribution in [0.3, 0.4) is 0 Å². The lowest BCUT2D eigenvalue weighted by Crippen LogP contribution is -2.27. The molecule has 2 aromatic rings. The smallest absolute Gasteiger partial charge is 0.144 e. The SMILES string of the molecule is c1ccc([C@H]2Oc3ccccc3[C@H]3CCC[C@H]32)nc1. The molecule has 2 heteroatoms. The Balaban J connectivity index is 1.79. The number of fused-ring (bicyclic) bond motifs is 3. The van der Waals surface area contributed by atoms with Crippen molar-refractivity contribution in [1.82, 2.24) is 4.98 Å². The fourth-order valence-corrected chi connectivity index (χ4v) is 3.68. The Kier molecular flexibility index (Phi) is 2.54. The summed E-state index contributed by atoms with van der Waals surface area (Å²) in [5.41, 5.74) is 2.48. The Labute approximate surface area is 113 Å². The van der Waals surface area contributed by atoms with E-state index in [4.69, 9.17) is 4.74 Å². The van der Waals surface area contributed by atoms with E-state index in [0.717, 1.165) is 11.4 Å². The van der Waals surface area contributed by atoms with E-state index in [2.05, 4.69) is 41.4 Å². The maximum absolute atomic E-state index is 6.27. The second-order valence-electron chi connectivity index (χ2n) is 5.53. The summed E-state index contributed by atoms with van der Waals surface area (Å²) in [6.45, 7) is 0. The van der Waals surface area contributed by atoms with Crippen LogP contribution >= 0.6 is 0 Å². The van der Waals surface area contributed by atoms with Gasteiger partial charge in [0, 0.05) is 12.1 Å². The number of nitrogens with zero attached hydrogens (tertiary/aromatic N) is 1. The van der Waals surface area contributed by atoms with Gasteiger partial charge >= 0.3 is 0 Å². The highest BCUT2D eigenvalue weighted by Crippen LogP contribution is 2.53. The van der Waals surface area contributed by atoms with Crippen LogP contribution in [0.4, 0.5) is 0 Å². The summed E-state index contributed by atoms with van der Waals surface area (Å²) in [7, 11) is 0. The number of pyridine rings is 1. The molecule has 1 aromatic carbocycles. The summed E-state index contributed by atoms with van der Waals surface area (Å²) in [5.74, 6) is 2.29. The van der Waals surface area contributed by atoms with Crippen molar-refractivity contribution in [2.45, 2.75) is 31.3 Å². The number of ether oxygens (including phenoxy) is 1. The molecular formula is C17H17NO. The minimum absolute atomic E-state index is 0.128.